The summed E-state index contributed by atoms with van der Waals surface area (Å²) in [4.78, 5) is -0.281. The maximum atomic E-state index is 12.7. The van der Waals surface area contributed by atoms with E-state index in [2.05, 4.69) is 0 Å². The van der Waals surface area contributed by atoms with Crippen molar-refractivity contribution in [2.24, 2.45) is 0 Å². The minimum absolute atomic E-state index is 0.0933. The maximum Gasteiger partial charge on any atom is 0.417 e. The number of alkyl halides is 9. The Hall–Kier alpha value is -2.12. The fourth-order valence-corrected chi connectivity index (χ4v) is 1.73. The number of benzene rings is 1. The van der Waals surface area contributed by atoms with Crippen LogP contribution in [-0.4, -0.2) is 25.4 Å². The standard InChI is InChI=1S/C12H7F9N2/c13-10(14,15)5-23(6-11(16,17)18)8-2-1-7(4-22)9(3-8)12(19,20)21/h1-3H,5-6H2. The summed E-state index contributed by atoms with van der Waals surface area (Å²) in [7, 11) is 0. The lowest BCUT2D eigenvalue weighted by Crippen LogP contribution is -2.40. The van der Waals surface area contributed by atoms with Crippen LogP contribution in [-0.2, 0) is 6.18 Å². The fourth-order valence-electron chi connectivity index (χ4n) is 1.73. The van der Waals surface area contributed by atoms with E-state index >= 15 is 0 Å². The largest absolute Gasteiger partial charge is 0.417 e. The van der Waals surface area contributed by atoms with Crippen molar-refractivity contribution in [1.29, 1.82) is 5.26 Å². The van der Waals surface area contributed by atoms with Gasteiger partial charge in [-0.25, -0.2) is 0 Å². The SMILES string of the molecule is N#Cc1ccc(N(CC(F)(F)F)CC(F)(F)F)cc1C(F)(F)F. The number of halogens is 9. The van der Waals surface area contributed by atoms with Gasteiger partial charge in [-0.3, -0.25) is 0 Å². The molecular formula is C12H7F9N2. The zero-order chi connectivity index (χ0) is 18.1. The Labute approximate surface area is 123 Å². The first-order valence-electron chi connectivity index (χ1n) is 5.73. The molecule has 1 aromatic rings. The molecule has 0 saturated heterocycles. The van der Waals surface area contributed by atoms with E-state index in [-0.39, 0.29) is 11.0 Å². The third kappa shape index (κ3) is 5.88. The summed E-state index contributed by atoms with van der Waals surface area (Å²) in [5, 5.41) is 8.56. The van der Waals surface area contributed by atoms with Gasteiger partial charge in [-0.2, -0.15) is 44.8 Å². The van der Waals surface area contributed by atoms with Gasteiger partial charge in [0.1, 0.15) is 13.1 Å². The van der Waals surface area contributed by atoms with Crippen LogP contribution in [0, 0.1) is 11.3 Å². The van der Waals surface area contributed by atoms with Crippen LogP contribution in [0.15, 0.2) is 18.2 Å². The predicted molar refractivity (Wildman–Crippen MR) is 60.5 cm³/mol. The van der Waals surface area contributed by atoms with Gasteiger partial charge in [-0.1, -0.05) is 0 Å². The van der Waals surface area contributed by atoms with E-state index < -0.39 is 48.4 Å². The van der Waals surface area contributed by atoms with E-state index in [1.54, 1.807) is 0 Å². The van der Waals surface area contributed by atoms with Gasteiger partial charge >= 0.3 is 18.5 Å². The Balaban J connectivity index is 3.34. The molecule has 0 aliphatic rings. The minimum atomic E-state index is -5.09. The Kier molecular flexibility index (Phi) is 5.08. The van der Waals surface area contributed by atoms with Crippen LogP contribution in [0.1, 0.15) is 11.1 Å². The molecule has 0 fully saturated rings. The molecule has 23 heavy (non-hydrogen) atoms. The van der Waals surface area contributed by atoms with Gasteiger partial charge in [-0.15, -0.1) is 0 Å². The highest BCUT2D eigenvalue weighted by Crippen LogP contribution is 2.35. The molecule has 2 nitrogen and oxygen atoms in total. The van der Waals surface area contributed by atoms with Gasteiger partial charge in [0.25, 0.3) is 0 Å². The van der Waals surface area contributed by atoms with Crippen LogP contribution < -0.4 is 4.90 Å². The van der Waals surface area contributed by atoms with Crippen molar-refractivity contribution in [1.82, 2.24) is 0 Å². The normalized spacial score (nSPS) is 12.9. The fraction of sp³-hybridized carbons (Fsp3) is 0.417. The quantitative estimate of drug-likeness (QED) is 0.750. The van der Waals surface area contributed by atoms with Crippen molar-refractivity contribution in [3.8, 4) is 6.07 Å². The number of nitriles is 1. The molecule has 128 valence electrons. The van der Waals surface area contributed by atoms with E-state index in [0.29, 0.717) is 12.1 Å². The minimum Gasteiger partial charge on any atom is -0.353 e. The summed E-state index contributed by atoms with van der Waals surface area (Å²) >= 11 is 0. The number of nitrogens with zero attached hydrogens (tertiary/aromatic N) is 2. The van der Waals surface area contributed by atoms with E-state index in [0.717, 1.165) is 0 Å². The van der Waals surface area contributed by atoms with Gasteiger partial charge in [0.15, 0.2) is 0 Å². The number of rotatable bonds is 3. The molecule has 0 aliphatic heterocycles. The number of hydrogen-bond donors (Lipinski definition) is 0. The topological polar surface area (TPSA) is 27.0 Å². The van der Waals surface area contributed by atoms with E-state index in [9.17, 15) is 39.5 Å². The number of hydrogen-bond acceptors (Lipinski definition) is 2. The van der Waals surface area contributed by atoms with Crippen molar-refractivity contribution < 1.29 is 39.5 Å². The molecule has 0 spiro atoms. The van der Waals surface area contributed by atoms with Gasteiger partial charge in [-0.05, 0) is 18.2 Å². The van der Waals surface area contributed by atoms with Gasteiger partial charge in [0.2, 0.25) is 0 Å². The average Bonchev–Trinajstić information content (AvgIpc) is 2.32. The summed E-state index contributed by atoms with van der Waals surface area (Å²) in [5.41, 5.74) is -3.45. The van der Waals surface area contributed by atoms with Crippen LogP contribution in [0.4, 0.5) is 45.2 Å². The zero-order valence-electron chi connectivity index (χ0n) is 10.9. The van der Waals surface area contributed by atoms with E-state index in [1.807, 2.05) is 0 Å². The van der Waals surface area contributed by atoms with Gasteiger partial charge in [0, 0.05) is 5.69 Å². The highest BCUT2D eigenvalue weighted by Gasteiger charge is 2.39. The molecule has 0 amide bonds. The molecule has 0 saturated carbocycles. The molecule has 0 unspecified atom stereocenters. The molecule has 0 N–H and O–H groups in total. The molecule has 1 aromatic carbocycles. The first kappa shape index (κ1) is 18.9. The Bertz CT molecular complexity index is 577. The van der Waals surface area contributed by atoms with Gasteiger partial charge < -0.3 is 4.90 Å². The summed E-state index contributed by atoms with van der Waals surface area (Å²) < 4.78 is 112. The molecular weight excluding hydrogens is 343 g/mol. The smallest absolute Gasteiger partial charge is 0.353 e. The van der Waals surface area contributed by atoms with Crippen LogP contribution in [0.25, 0.3) is 0 Å². The van der Waals surface area contributed by atoms with Gasteiger partial charge in [0.05, 0.1) is 17.2 Å². The lowest BCUT2D eigenvalue weighted by molar-refractivity contribution is -0.137. The monoisotopic (exact) mass is 350 g/mol. The maximum absolute atomic E-state index is 12.7. The molecule has 0 bridgehead atoms. The van der Waals surface area contributed by atoms with Crippen LogP contribution in [0.5, 0.6) is 0 Å². The van der Waals surface area contributed by atoms with E-state index in [1.165, 1.54) is 6.07 Å². The Morgan fingerprint density at radius 3 is 1.70 bits per heavy atom. The average molecular weight is 350 g/mol. The third-order valence-corrected chi connectivity index (χ3v) is 2.53. The highest BCUT2D eigenvalue weighted by molar-refractivity contribution is 5.55. The van der Waals surface area contributed by atoms with Crippen LogP contribution in [0.2, 0.25) is 0 Å². The van der Waals surface area contributed by atoms with Crippen molar-refractivity contribution in [2.45, 2.75) is 18.5 Å². The van der Waals surface area contributed by atoms with Crippen LogP contribution in [0.3, 0.4) is 0 Å². The second-order valence-corrected chi connectivity index (χ2v) is 4.43. The van der Waals surface area contributed by atoms with Crippen LogP contribution >= 0.6 is 0 Å². The van der Waals surface area contributed by atoms with Crippen molar-refractivity contribution >= 4 is 5.69 Å². The summed E-state index contributed by atoms with van der Waals surface area (Å²) in [6.07, 6.45) is -15.2. The zero-order valence-corrected chi connectivity index (χ0v) is 10.9. The molecule has 0 radical (unpaired) electrons. The lowest BCUT2D eigenvalue weighted by Gasteiger charge is -2.27. The molecule has 1 rings (SSSR count). The summed E-state index contributed by atoms with van der Waals surface area (Å²) in [5.74, 6) is 0. The second kappa shape index (κ2) is 6.17. The van der Waals surface area contributed by atoms with Crippen molar-refractivity contribution in [2.75, 3.05) is 18.0 Å². The Morgan fingerprint density at radius 1 is 0.870 bits per heavy atom. The first-order chi connectivity index (χ1) is 10.2. The molecule has 0 atom stereocenters. The van der Waals surface area contributed by atoms with Crippen molar-refractivity contribution in [3.05, 3.63) is 29.3 Å². The van der Waals surface area contributed by atoms with Crippen molar-refractivity contribution in [3.63, 3.8) is 0 Å². The molecule has 0 aromatic heterocycles. The molecule has 11 heteroatoms. The summed E-state index contributed by atoms with van der Waals surface area (Å²) in [6, 6.07) is 2.40. The number of anilines is 1. The summed E-state index contributed by atoms with van der Waals surface area (Å²) in [6.45, 7) is -4.18. The first-order valence-corrected chi connectivity index (χ1v) is 5.73. The second-order valence-electron chi connectivity index (χ2n) is 4.43. The third-order valence-electron chi connectivity index (χ3n) is 2.53. The predicted octanol–water partition coefficient (Wildman–Crippen LogP) is 4.51. The Morgan fingerprint density at radius 2 is 1.35 bits per heavy atom. The van der Waals surface area contributed by atoms with E-state index in [4.69, 9.17) is 5.26 Å². The highest BCUT2D eigenvalue weighted by atomic mass is 19.4. The molecule has 0 aliphatic carbocycles. The lowest BCUT2D eigenvalue weighted by atomic mass is 10.1. The molecule has 0 heterocycles.